The molecule has 96 valence electrons. The van der Waals surface area contributed by atoms with Gasteiger partial charge in [-0.3, -0.25) is 0 Å². The zero-order valence-electron chi connectivity index (χ0n) is 11.3. The third-order valence-corrected chi connectivity index (χ3v) is 2.92. The van der Waals surface area contributed by atoms with Gasteiger partial charge >= 0.3 is 0 Å². The SMILES string of the molecule is C=CC(=Nc1cc(OC)ccc1C)c1ccccc1. The first kappa shape index (κ1) is 13.1. The van der Waals surface area contributed by atoms with Crippen LogP contribution in [0, 0.1) is 6.92 Å². The van der Waals surface area contributed by atoms with Crippen LogP contribution < -0.4 is 4.74 Å². The maximum atomic E-state index is 5.24. The molecule has 0 heterocycles. The second-order valence-corrected chi connectivity index (χ2v) is 4.22. The lowest BCUT2D eigenvalue weighted by Crippen LogP contribution is -1.95. The minimum Gasteiger partial charge on any atom is -0.497 e. The first-order valence-corrected chi connectivity index (χ1v) is 6.16. The molecular weight excluding hydrogens is 234 g/mol. The molecule has 0 bridgehead atoms. The van der Waals surface area contributed by atoms with E-state index in [1.165, 1.54) is 0 Å². The van der Waals surface area contributed by atoms with Crippen molar-refractivity contribution in [3.8, 4) is 5.75 Å². The first-order valence-electron chi connectivity index (χ1n) is 6.16. The Balaban J connectivity index is 2.46. The van der Waals surface area contributed by atoms with Crippen molar-refractivity contribution >= 4 is 11.4 Å². The normalized spacial score (nSPS) is 11.2. The van der Waals surface area contributed by atoms with Crippen molar-refractivity contribution in [2.45, 2.75) is 6.92 Å². The lowest BCUT2D eigenvalue weighted by atomic mass is 10.1. The van der Waals surface area contributed by atoms with Gasteiger partial charge in [0.2, 0.25) is 0 Å². The van der Waals surface area contributed by atoms with Crippen LogP contribution >= 0.6 is 0 Å². The number of allylic oxidation sites excluding steroid dienone is 1. The molecule has 2 heteroatoms. The zero-order chi connectivity index (χ0) is 13.7. The van der Waals surface area contributed by atoms with Gasteiger partial charge in [-0.1, -0.05) is 43.0 Å². The summed E-state index contributed by atoms with van der Waals surface area (Å²) in [7, 11) is 1.66. The number of nitrogens with zero attached hydrogens (tertiary/aromatic N) is 1. The van der Waals surface area contributed by atoms with Crippen molar-refractivity contribution in [2.75, 3.05) is 7.11 Å². The summed E-state index contributed by atoms with van der Waals surface area (Å²) in [5, 5.41) is 0. The minimum atomic E-state index is 0.806. The van der Waals surface area contributed by atoms with E-state index in [0.717, 1.165) is 28.3 Å². The highest BCUT2D eigenvalue weighted by molar-refractivity contribution is 6.09. The van der Waals surface area contributed by atoms with Crippen molar-refractivity contribution in [1.82, 2.24) is 0 Å². The molecule has 2 aromatic carbocycles. The highest BCUT2D eigenvalue weighted by atomic mass is 16.5. The molecule has 2 rings (SSSR count). The van der Waals surface area contributed by atoms with Crippen molar-refractivity contribution in [1.29, 1.82) is 0 Å². The van der Waals surface area contributed by atoms with Crippen LogP contribution in [0.5, 0.6) is 5.75 Å². The van der Waals surface area contributed by atoms with Crippen molar-refractivity contribution in [3.05, 3.63) is 72.3 Å². The van der Waals surface area contributed by atoms with E-state index in [1.54, 1.807) is 13.2 Å². The van der Waals surface area contributed by atoms with E-state index in [-0.39, 0.29) is 0 Å². The van der Waals surface area contributed by atoms with Crippen LogP contribution in [-0.4, -0.2) is 12.8 Å². The van der Waals surface area contributed by atoms with Crippen LogP contribution in [0.15, 0.2) is 66.2 Å². The molecule has 2 nitrogen and oxygen atoms in total. The molecule has 0 fully saturated rings. The second-order valence-electron chi connectivity index (χ2n) is 4.22. The molecule has 19 heavy (non-hydrogen) atoms. The molecule has 0 saturated carbocycles. The number of methoxy groups -OCH3 is 1. The maximum Gasteiger partial charge on any atom is 0.121 e. The van der Waals surface area contributed by atoms with Gasteiger partial charge in [-0.2, -0.15) is 0 Å². The predicted octanol–water partition coefficient (Wildman–Crippen LogP) is 4.31. The summed E-state index contributed by atoms with van der Waals surface area (Å²) >= 11 is 0. The highest BCUT2D eigenvalue weighted by Crippen LogP contribution is 2.25. The van der Waals surface area contributed by atoms with Gasteiger partial charge in [0.15, 0.2) is 0 Å². The van der Waals surface area contributed by atoms with Gasteiger partial charge in [0.25, 0.3) is 0 Å². The number of benzene rings is 2. The summed E-state index contributed by atoms with van der Waals surface area (Å²) in [5.41, 5.74) is 3.92. The fourth-order valence-corrected chi connectivity index (χ4v) is 1.80. The summed E-state index contributed by atoms with van der Waals surface area (Å²) < 4.78 is 5.24. The van der Waals surface area contributed by atoms with Gasteiger partial charge in [0.05, 0.1) is 18.5 Å². The fraction of sp³-hybridized carbons (Fsp3) is 0.118. The fourth-order valence-electron chi connectivity index (χ4n) is 1.80. The summed E-state index contributed by atoms with van der Waals surface area (Å²) in [6, 6.07) is 15.9. The molecule has 0 aliphatic carbocycles. The highest BCUT2D eigenvalue weighted by Gasteiger charge is 2.03. The second kappa shape index (κ2) is 6.01. The van der Waals surface area contributed by atoms with Crippen molar-refractivity contribution in [2.24, 2.45) is 4.99 Å². The van der Waals surface area contributed by atoms with Crippen molar-refractivity contribution in [3.63, 3.8) is 0 Å². The molecule has 0 spiro atoms. The lowest BCUT2D eigenvalue weighted by Gasteiger charge is -2.06. The number of aryl methyl sites for hydroxylation is 1. The summed E-state index contributed by atoms with van der Waals surface area (Å²) in [6.45, 7) is 5.88. The third kappa shape index (κ3) is 3.10. The quantitative estimate of drug-likeness (QED) is 0.742. The maximum absolute atomic E-state index is 5.24. The Labute approximate surface area is 114 Å². The Morgan fingerprint density at radius 3 is 2.53 bits per heavy atom. The van der Waals surface area contributed by atoms with Gasteiger partial charge in [0.1, 0.15) is 5.75 Å². The number of hydrogen-bond donors (Lipinski definition) is 0. The summed E-state index contributed by atoms with van der Waals surface area (Å²) in [4.78, 5) is 4.67. The molecular formula is C17H17NO. The Kier molecular flexibility index (Phi) is 4.14. The zero-order valence-corrected chi connectivity index (χ0v) is 11.3. The Morgan fingerprint density at radius 1 is 1.16 bits per heavy atom. The van der Waals surface area contributed by atoms with Crippen LogP contribution in [0.4, 0.5) is 5.69 Å². The van der Waals surface area contributed by atoms with Crippen LogP contribution in [0.25, 0.3) is 0 Å². The van der Waals surface area contributed by atoms with E-state index in [0.29, 0.717) is 0 Å². The first-order chi connectivity index (χ1) is 9.24. The van der Waals surface area contributed by atoms with Crippen LogP contribution in [0.2, 0.25) is 0 Å². The topological polar surface area (TPSA) is 21.6 Å². The monoisotopic (exact) mass is 251 g/mol. The van der Waals surface area contributed by atoms with Crippen LogP contribution in [0.3, 0.4) is 0 Å². The van der Waals surface area contributed by atoms with Gasteiger partial charge in [0, 0.05) is 11.6 Å². The number of ether oxygens (including phenoxy) is 1. The van der Waals surface area contributed by atoms with E-state index >= 15 is 0 Å². The average molecular weight is 251 g/mol. The average Bonchev–Trinajstić information content (AvgIpc) is 2.47. The van der Waals surface area contributed by atoms with Gasteiger partial charge in [-0.05, 0) is 24.6 Å². The Morgan fingerprint density at radius 2 is 1.89 bits per heavy atom. The van der Waals surface area contributed by atoms with E-state index in [2.05, 4.69) is 11.6 Å². The van der Waals surface area contributed by atoms with Crippen LogP contribution in [-0.2, 0) is 0 Å². The molecule has 0 atom stereocenters. The van der Waals surface area contributed by atoms with E-state index in [4.69, 9.17) is 4.74 Å². The lowest BCUT2D eigenvalue weighted by molar-refractivity contribution is 0.415. The molecule has 0 aliphatic rings. The van der Waals surface area contributed by atoms with E-state index < -0.39 is 0 Å². The largest absolute Gasteiger partial charge is 0.497 e. The molecule has 0 aliphatic heterocycles. The predicted molar refractivity (Wildman–Crippen MR) is 80.6 cm³/mol. The molecule has 0 unspecified atom stereocenters. The molecule has 0 radical (unpaired) electrons. The minimum absolute atomic E-state index is 0.806. The van der Waals surface area contributed by atoms with Crippen molar-refractivity contribution < 1.29 is 4.74 Å². The number of aliphatic imine (C=N–C) groups is 1. The third-order valence-electron chi connectivity index (χ3n) is 2.92. The van der Waals surface area contributed by atoms with Gasteiger partial charge in [-0.25, -0.2) is 4.99 Å². The summed E-state index contributed by atoms with van der Waals surface area (Å²) in [5.74, 6) is 0.806. The number of rotatable bonds is 4. The number of hydrogen-bond acceptors (Lipinski definition) is 2. The van der Waals surface area contributed by atoms with E-state index in [9.17, 15) is 0 Å². The van der Waals surface area contributed by atoms with Gasteiger partial charge in [-0.15, -0.1) is 0 Å². The standard InChI is InChI=1S/C17H17NO/c1-4-16(14-8-6-5-7-9-14)18-17-12-15(19-3)11-10-13(17)2/h4-12H,1H2,2-3H3. The molecule has 0 aromatic heterocycles. The van der Waals surface area contributed by atoms with E-state index in [1.807, 2.05) is 55.5 Å². The summed E-state index contributed by atoms with van der Waals surface area (Å²) in [6.07, 6.45) is 1.77. The molecule has 0 saturated heterocycles. The van der Waals surface area contributed by atoms with Gasteiger partial charge < -0.3 is 4.74 Å². The van der Waals surface area contributed by atoms with Crippen LogP contribution in [0.1, 0.15) is 11.1 Å². The molecule has 0 amide bonds. The smallest absolute Gasteiger partial charge is 0.121 e. The molecule has 0 N–H and O–H groups in total. The Bertz CT molecular complexity index is 600. The molecule has 2 aromatic rings. The Hall–Kier alpha value is -2.35.